The summed E-state index contributed by atoms with van der Waals surface area (Å²) in [6, 6.07) is 0.0200. The van der Waals surface area contributed by atoms with Crippen molar-refractivity contribution in [3.8, 4) is 0 Å². The van der Waals surface area contributed by atoms with Gasteiger partial charge < -0.3 is 10.4 Å². The monoisotopic (exact) mass is 239 g/mol. The number of nitrogens with one attached hydrogen (secondary N) is 2. The molecule has 0 spiro atoms. The van der Waals surface area contributed by atoms with Crippen LogP contribution in [0.3, 0.4) is 0 Å². The average Bonchev–Trinajstić information content (AvgIpc) is 2.29. The van der Waals surface area contributed by atoms with Crippen LogP contribution in [0.4, 0.5) is 0 Å². The van der Waals surface area contributed by atoms with Crippen molar-refractivity contribution in [3.05, 3.63) is 0 Å². The summed E-state index contributed by atoms with van der Waals surface area (Å²) in [5.74, 6) is -0.390. The SMILES string of the molecule is O=C1CCC(C(=O)NC2CCCC(O)C2)=NN1. The Labute approximate surface area is 99.5 Å². The normalized spacial score (nSPS) is 29.2. The van der Waals surface area contributed by atoms with E-state index < -0.39 is 0 Å². The third-order valence-corrected chi connectivity index (χ3v) is 3.15. The van der Waals surface area contributed by atoms with Crippen molar-refractivity contribution >= 4 is 17.5 Å². The van der Waals surface area contributed by atoms with Gasteiger partial charge in [-0.25, -0.2) is 5.43 Å². The molecule has 6 nitrogen and oxygen atoms in total. The molecule has 17 heavy (non-hydrogen) atoms. The lowest BCUT2D eigenvalue weighted by atomic mass is 9.93. The lowest BCUT2D eigenvalue weighted by Gasteiger charge is -2.27. The van der Waals surface area contributed by atoms with Gasteiger partial charge in [-0.2, -0.15) is 5.10 Å². The molecule has 0 radical (unpaired) electrons. The van der Waals surface area contributed by atoms with E-state index in [4.69, 9.17) is 0 Å². The molecular formula is C11H17N3O3. The molecule has 0 saturated heterocycles. The van der Waals surface area contributed by atoms with Gasteiger partial charge in [-0.05, 0) is 25.7 Å². The number of carbonyl (C=O) groups excluding carboxylic acids is 2. The van der Waals surface area contributed by atoms with Gasteiger partial charge in [-0.3, -0.25) is 9.59 Å². The largest absolute Gasteiger partial charge is 0.393 e. The molecule has 2 amide bonds. The highest BCUT2D eigenvalue weighted by Crippen LogP contribution is 2.18. The van der Waals surface area contributed by atoms with Gasteiger partial charge in [-0.1, -0.05) is 0 Å². The molecule has 2 rings (SSSR count). The maximum Gasteiger partial charge on any atom is 0.267 e. The van der Waals surface area contributed by atoms with Crippen molar-refractivity contribution in [1.82, 2.24) is 10.7 Å². The molecular weight excluding hydrogens is 222 g/mol. The molecule has 1 aliphatic heterocycles. The van der Waals surface area contributed by atoms with Crippen molar-refractivity contribution < 1.29 is 14.7 Å². The van der Waals surface area contributed by atoms with Gasteiger partial charge in [0.1, 0.15) is 5.71 Å². The molecule has 1 aliphatic carbocycles. The molecule has 0 aromatic carbocycles. The maximum absolute atomic E-state index is 11.8. The summed E-state index contributed by atoms with van der Waals surface area (Å²) >= 11 is 0. The molecule has 2 aliphatic rings. The molecule has 1 saturated carbocycles. The van der Waals surface area contributed by atoms with Crippen LogP contribution in [0.5, 0.6) is 0 Å². The van der Waals surface area contributed by atoms with Gasteiger partial charge in [0.25, 0.3) is 5.91 Å². The first kappa shape index (κ1) is 12.0. The van der Waals surface area contributed by atoms with Crippen molar-refractivity contribution in [2.45, 2.75) is 50.7 Å². The van der Waals surface area contributed by atoms with E-state index in [1.807, 2.05) is 0 Å². The topological polar surface area (TPSA) is 90.8 Å². The van der Waals surface area contributed by atoms with Crippen LogP contribution in [0.1, 0.15) is 38.5 Å². The number of hydrazone groups is 1. The number of carbonyl (C=O) groups is 2. The van der Waals surface area contributed by atoms with E-state index in [2.05, 4.69) is 15.8 Å². The average molecular weight is 239 g/mol. The van der Waals surface area contributed by atoms with Gasteiger partial charge in [0.05, 0.1) is 6.10 Å². The molecule has 0 bridgehead atoms. The van der Waals surface area contributed by atoms with E-state index in [9.17, 15) is 14.7 Å². The van der Waals surface area contributed by atoms with E-state index in [0.717, 1.165) is 19.3 Å². The van der Waals surface area contributed by atoms with Crippen LogP contribution in [0.2, 0.25) is 0 Å². The Morgan fingerprint density at radius 2 is 2.24 bits per heavy atom. The fraction of sp³-hybridized carbons (Fsp3) is 0.727. The van der Waals surface area contributed by atoms with E-state index >= 15 is 0 Å². The van der Waals surface area contributed by atoms with Crippen molar-refractivity contribution in [3.63, 3.8) is 0 Å². The predicted molar refractivity (Wildman–Crippen MR) is 61.2 cm³/mol. The minimum absolute atomic E-state index is 0.0200. The first-order chi connectivity index (χ1) is 8.15. The Bertz CT molecular complexity index is 354. The molecule has 94 valence electrons. The number of aliphatic hydroxyl groups excluding tert-OH is 1. The van der Waals surface area contributed by atoms with Gasteiger partial charge in [0, 0.05) is 18.9 Å². The van der Waals surface area contributed by atoms with E-state index in [0.29, 0.717) is 25.0 Å². The second-order valence-corrected chi connectivity index (χ2v) is 4.58. The Morgan fingerprint density at radius 1 is 1.41 bits per heavy atom. The second kappa shape index (κ2) is 5.27. The Hall–Kier alpha value is -1.43. The molecule has 0 aromatic rings. The first-order valence-electron chi connectivity index (χ1n) is 5.99. The fourth-order valence-corrected chi connectivity index (χ4v) is 2.20. The summed E-state index contributed by atoms with van der Waals surface area (Å²) in [5.41, 5.74) is 2.66. The highest BCUT2D eigenvalue weighted by atomic mass is 16.3. The van der Waals surface area contributed by atoms with Crippen molar-refractivity contribution in [2.24, 2.45) is 5.10 Å². The van der Waals surface area contributed by atoms with Crippen molar-refractivity contribution in [1.29, 1.82) is 0 Å². The van der Waals surface area contributed by atoms with Gasteiger partial charge in [-0.15, -0.1) is 0 Å². The molecule has 0 aromatic heterocycles. The minimum atomic E-state index is -0.318. The minimum Gasteiger partial charge on any atom is -0.393 e. The summed E-state index contributed by atoms with van der Waals surface area (Å²) in [6.45, 7) is 0. The number of hydrogen-bond acceptors (Lipinski definition) is 4. The Morgan fingerprint density at radius 3 is 2.88 bits per heavy atom. The smallest absolute Gasteiger partial charge is 0.267 e. The first-order valence-corrected chi connectivity index (χ1v) is 5.99. The van der Waals surface area contributed by atoms with Crippen LogP contribution in [0, 0.1) is 0 Å². The van der Waals surface area contributed by atoms with Crippen molar-refractivity contribution in [2.75, 3.05) is 0 Å². The number of hydrogen-bond donors (Lipinski definition) is 3. The van der Waals surface area contributed by atoms with Crippen LogP contribution < -0.4 is 10.7 Å². The lowest BCUT2D eigenvalue weighted by Crippen LogP contribution is -2.44. The zero-order valence-electron chi connectivity index (χ0n) is 9.61. The number of aliphatic hydroxyl groups is 1. The summed E-state index contributed by atoms with van der Waals surface area (Å²) in [4.78, 5) is 22.7. The molecule has 2 atom stereocenters. The van der Waals surface area contributed by atoms with E-state index in [-0.39, 0.29) is 24.0 Å². The van der Waals surface area contributed by atoms with Crippen LogP contribution in [0.25, 0.3) is 0 Å². The molecule has 2 unspecified atom stereocenters. The second-order valence-electron chi connectivity index (χ2n) is 4.58. The maximum atomic E-state index is 11.8. The summed E-state index contributed by atoms with van der Waals surface area (Å²) in [6.07, 6.45) is 3.60. The zero-order chi connectivity index (χ0) is 12.3. The van der Waals surface area contributed by atoms with E-state index in [1.54, 1.807) is 0 Å². The Kier molecular flexibility index (Phi) is 3.73. The molecule has 1 fully saturated rings. The van der Waals surface area contributed by atoms with Crippen LogP contribution in [0.15, 0.2) is 5.10 Å². The van der Waals surface area contributed by atoms with Gasteiger partial charge in [0.15, 0.2) is 0 Å². The highest BCUT2D eigenvalue weighted by molar-refractivity contribution is 6.39. The Balaban J connectivity index is 1.86. The third kappa shape index (κ3) is 3.26. The standard InChI is InChI=1S/C11H17N3O3/c15-8-3-1-2-7(6-8)12-11(17)9-4-5-10(16)14-13-9/h7-8,15H,1-6H2,(H,12,17)(H,14,16). The molecule has 1 heterocycles. The summed E-state index contributed by atoms with van der Waals surface area (Å²) < 4.78 is 0. The number of amides is 2. The highest BCUT2D eigenvalue weighted by Gasteiger charge is 2.24. The fourth-order valence-electron chi connectivity index (χ4n) is 2.20. The number of rotatable bonds is 2. The number of nitrogens with zero attached hydrogens (tertiary/aromatic N) is 1. The van der Waals surface area contributed by atoms with E-state index in [1.165, 1.54) is 0 Å². The summed E-state index contributed by atoms with van der Waals surface area (Å²) in [5, 5.41) is 16.1. The molecule has 6 heteroatoms. The van der Waals surface area contributed by atoms with Crippen LogP contribution in [-0.4, -0.2) is 34.8 Å². The van der Waals surface area contributed by atoms with Crippen LogP contribution in [-0.2, 0) is 9.59 Å². The predicted octanol–water partition coefficient (Wildman–Crippen LogP) is -0.328. The molecule has 3 N–H and O–H groups in total. The quantitative estimate of drug-likeness (QED) is 0.616. The van der Waals surface area contributed by atoms with Crippen LogP contribution >= 0.6 is 0 Å². The lowest BCUT2D eigenvalue weighted by molar-refractivity contribution is -0.121. The summed E-state index contributed by atoms with van der Waals surface area (Å²) in [7, 11) is 0. The third-order valence-electron chi connectivity index (χ3n) is 3.15. The van der Waals surface area contributed by atoms with Gasteiger partial charge in [0.2, 0.25) is 5.91 Å². The zero-order valence-corrected chi connectivity index (χ0v) is 9.61. The van der Waals surface area contributed by atoms with Gasteiger partial charge >= 0.3 is 0 Å².